The maximum Gasteiger partial charge on any atom is 0.270 e. The Labute approximate surface area is 187 Å². The summed E-state index contributed by atoms with van der Waals surface area (Å²) >= 11 is 0. The first-order valence-corrected chi connectivity index (χ1v) is 11.3. The van der Waals surface area contributed by atoms with Crippen LogP contribution in [0.3, 0.4) is 0 Å². The van der Waals surface area contributed by atoms with Gasteiger partial charge in [0, 0.05) is 31.1 Å². The van der Waals surface area contributed by atoms with Crippen molar-refractivity contribution in [3.63, 3.8) is 0 Å². The summed E-state index contributed by atoms with van der Waals surface area (Å²) in [4.78, 5) is 31.2. The van der Waals surface area contributed by atoms with Crippen LogP contribution >= 0.6 is 0 Å². The molecular weight excluding hydrogens is 406 g/mol. The topological polar surface area (TPSA) is 83.7 Å². The molecule has 2 N–H and O–H groups in total. The van der Waals surface area contributed by atoms with Gasteiger partial charge in [0.05, 0.1) is 5.41 Å². The molecule has 7 heteroatoms. The SMILES string of the molecule is O=C(c1cc2cc(NC(=O)C3(c4ccc5c(c4)OCO5)CC3)ccc2[nH]1)N1CCCCC1.[HH]. The molecule has 0 spiro atoms. The van der Waals surface area contributed by atoms with E-state index < -0.39 is 5.41 Å². The van der Waals surface area contributed by atoms with E-state index in [1.807, 2.05) is 47.4 Å². The molecule has 2 aromatic carbocycles. The van der Waals surface area contributed by atoms with Crippen LogP contribution in [0.15, 0.2) is 42.5 Å². The van der Waals surface area contributed by atoms with Crippen LogP contribution in [-0.2, 0) is 10.2 Å². The standard InChI is InChI=1S/C25H25N3O4.H2/c29-23(28-10-2-1-3-11-28)20-13-16-12-18(5-6-19(16)27-20)26-24(30)25(8-9-25)17-4-7-21-22(14-17)32-15-31-21;/h4-7,12-14,27H,1-3,8-11,15H2,(H,26,30);1H. The molecule has 1 aromatic heterocycles. The summed E-state index contributed by atoms with van der Waals surface area (Å²) in [5.74, 6) is 1.45. The largest absolute Gasteiger partial charge is 0.454 e. The number of aromatic amines is 1. The van der Waals surface area contributed by atoms with Crippen molar-refractivity contribution in [1.82, 2.24) is 9.88 Å². The fraction of sp³-hybridized carbons (Fsp3) is 0.360. The first kappa shape index (κ1) is 19.2. The summed E-state index contributed by atoms with van der Waals surface area (Å²) in [5, 5.41) is 4.00. The first-order chi connectivity index (χ1) is 15.6. The van der Waals surface area contributed by atoms with Crippen molar-refractivity contribution in [2.24, 2.45) is 0 Å². The molecule has 1 saturated carbocycles. The molecule has 7 nitrogen and oxygen atoms in total. The summed E-state index contributed by atoms with van der Waals surface area (Å²) < 4.78 is 10.9. The maximum absolute atomic E-state index is 13.2. The summed E-state index contributed by atoms with van der Waals surface area (Å²) in [6, 6.07) is 13.3. The Hall–Kier alpha value is -3.48. The molecule has 1 saturated heterocycles. The Morgan fingerprint density at radius 2 is 1.78 bits per heavy atom. The zero-order valence-electron chi connectivity index (χ0n) is 17.8. The van der Waals surface area contributed by atoms with Crippen molar-refractivity contribution in [3.8, 4) is 11.5 Å². The average Bonchev–Trinajstić information content (AvgIpc) is 3.32. The number of carbonyl (C=O) groups is 2. The van der Waals surface area contributed by atoms with Gasteiger partial charge in [-0.25, -0.2) is 0 Å². The van der Waals surface area contributed by atoms with Gasteiger partial charge >= 0.3 is 0 Å². The number of nitrogens with zero attached hydrogens (tertiary/aromatic N) is 1. The molecule has 6 rings (SSSR count). The van der Waals surface area contributed by atoms with E-state index in [1.54, 1.807) is 0 Å². The second-order valence-electron chi connectivity index (χ2n) is 8.94. The minimum Gasteiger partial charge on any atom is -0.454 e. The van der Waals surface area contributed by atoms with Gasteiger partial charge in [0.25, 0.3) is 5.91 Å². The Morgan fingerprint density at radius 3 is 2.59 bits per heavy atom. The summed E-state index contributed by atoms with van der Waals surface area (Å²) in [5.41, 5.74) is 2.65. The molecule has 0 unspecified atom stereocenters. The van der Waals surface area contributed by atoms with Crippen LogP contribution < -0.4 is 14.8 Å². The van der Waals surface area contributed by atoms with E-state index >= 15 is 0 Å². The second kappa shape index (κ2) is 7.29. The zero-order chi connectivity index (χ0) is 21.7. The Balaban J connectivity index is 0.00000228. The smallest absolute Gasteiger partial charge is 0.270 e. The lowest BCUT2D eigenvalue weighted by Gasteiger charge is -2.26. The number of fused-ring (bicyclic) bond motifs is 2. The third-order valence-electron chi connectivity index (χ3n) is 6.86. The number of benzene rings is 2. The van der Waals surface area contributed by atoms with E-state index in [0.29, 0.717) is 11.4 Å². The van der Waals surface area contributed by atoms with Crippen LogP contribution in [0.2, 0.25) is 0 Å². The Morgan fingerprint density at radius 1 is 0.969 bits per heavy atom. The molecule has 0 bridgehead atoms. The van der Waals surface area contributed by atoms with Gasteiger partial charge in [-0.2, -0.15) is 0 Å². The zero-order valence-corrected chi connectivity index (χ0v) is 17.8. The van der Waals surface area contributed by atoms with Gasteiger partial charge in [0.2, 0.25) is 12.7 Å². The number of piperidine rings is 1. The minimum absolute atomic E-state index is 0. The summed E-state index contributed by atoms with van der Waals surface area (Å²) in [6.07, 6.45) is 4.92. The van der Waals surface area contributed by atoms with Gasteiger partial charge in [0.15, 0.2) is 11.5 Å². The first-order valence-electron chi connectivity index (χ1n) is 11.3. The highest BCUT2D eigenvalue weighted by Gasteiger charge is 2.51. The van der Waals surface area contributed by atoms with Gasteiger partial charge in [0.1, 0.15) is 5.69 Å². The van der Waals surface area contributed by atoms with E-state index in [4.69, 9.17) is 9.47 Å². The van der Waals surface area contributed by atoms with Gasteiger partial charge in [-0.15, -0.1) is 0 Å². The lowest BCUT2D eigenvalue weighted by Crippen LogP contribution is -2.35. The third kappa shape index (κ3) is 3.20. The summed E-state index contributed by atoms with van der Waals surface area (Å²) in [7, 11) is 0. The number of H-pyrrole nitrogens is 1. The van der Waals surface area contributed by atoms with E-state index in [-0.39, 0.29) is 20.0 Å². The van der Waals surface area contributed by atoms with E-state index in [1.165, 1.54) is 6.42 Å². The number of aromatic nitrogens is 1. The molecule has 2 fully saturated rings. The van der Waals surface area contributed by atoms with Crippen molar-refractivity contribution in [2.45, 2.75) is 37.5 Å². The highest BCUT2D eigenvalue weighted by atomic mass is 16.7. The molecule has 3 aromatic rings. The summed E-state index contributed by atoms with van der Waals surface area (Å²) in [6.45, 7) is 1.85. The predicted molar refractivity (Wildman–Crippen MR) is 122 cm³/mol. The van der Waals surface area contributed by atoms with Gasteiger partial charge < -0.3 is 24.7 Å². The van der Waals surface area contributed by atoms with Crippen molar-refractivity contribution < 1.29 is 20.5 Å². The molecule has 1 aliphatic carbocycles. The molecule has 2 aliphatic heterocycles. The number of hydrogen-bond acceptors (Lipinski definition) is 4. The number of hydrogen-bond donors (Lipinski definition) is 2. The van der Waals surface area contributed by atoms with Crippen LogP contribution in [0.5, 0.6) is 11.5 Å². The molecule has 3 heterocycles. The predicted octanol–water partition coefficient (Wildman–Crippen LogP) is 4.44. The van der Waals surface area contributed by atoms with E-state index in [9.17, 15) is 9.59 Å². The molecule has 2 amide bonds. The fourth-order valence-electron chi connectivity index (χ4n) is 4.81. The maximum atomic E-state index is 13.2. The number of ether oxygens (including phenoxy) is 2. The molecular formula is C25H27N3O4. The Bertz CT molecular complexity index is 1230. The van der Waals surface area contributed by atoms with Crippen LogP contribution in [0, 0.1) is 0 Å². The van der Waals surface area contributed by atoms with Gasteiger partial charge in [-0.3, -0.25) is 9.59 Å². The number of likely N-dealkylation sites (tertiary alicyclic amines) is 1. The number of amides is 2. The fourth-order valence-corrected chi connectivity index (χ4v) is 4.81. The number of nitrogens with one attached hydrogen (secondary N) is 2. The molecule has 166 valence electrons. The normalized spacial score (nSPS) is 18.6. The van der Waals surface area contributed by atoms with Crippen molar-refractivity contribution in [2.75, 3.05) is 25.2 Å². The van der Waals surface area contributed by atoms with Crippen LogP contribution in [0.4, 0.5) is 5.69 Å². The number of carbonyl (C=O) groups excluding carboxylic acids is 2. The quantitative estimate of drug-likeness (QED) is 0.637. The third-order valence-corrected chi connectivity index (χ3v) is 6.86. The molecule has 3 aliphatic rings. The highest BCUT2D eigenvalue weighted by Crippen LogP contribution is 2.51. The average molecular weight is 434 g/mol. The molecule has 0 atom stereocenters. The van der Waals surface area contributed by atoms with Gasteiger partial charge in [-0.05, 0) is 74.1 Å². The molecule has 32 heavy (non-hydrogen) atoms. The number of anilines is 1. The molecule has 0 radical (unpaired) electrons. The van der Waals surface area contributed by atoms with Crippen molar-refractivity contribution in [1.29, 1.82) is 0 Å². The van der Waals surface area contributed by atoms with Crippen molar-refractivity contribution in [3.05, 3.63) is 53.7 Å². The van der Waals surface area contributed by atoms with Crippen LogP contribution in [-0.4, -0.2) is 41.6 Å². The number of rotatable bonds is 4. The highest BCUT2D eigenvalue weighted by molar-refractivity contribution is 6.03. The lowest BCUT2D eigenvalue weighted by atomic mass is 9.94. The Kier molecular flexibility index (Phi) is 4.38. The lowest BCUT2D eigenvalue weighted by molar-refractivity contribution is -0.118. The van der Waals surface area contributed by atoms with E-state index in [2.05, 4.69) is 10.3 Å². The second-order valence-corrected chi connectivity index (χ2v) is 8.94. The van der Waals surface area contributed by atoms with Crippen LogP contribution in [0.1, 0.15) is 49.6 Å². The van der Waals surface area contributed by atoms with Gasteiger partial charge in [-0.1, -0.05) is 6.07 Å². The monoisotopic (exact) mass is 433 g/mol. The van der Waals surface area contributed by atoms with E-state index in [0.717, 1.165) is 66.7 Å². The van der Waals surface area contributed by atoms with Crippen LogP contribution in [0.25, 0.3) is 10.9 Å². The minimum atomic E-state index is -0.524. The van der Waals surface area contributed by atoms with Crippen molar-refractivity contribution >= 4 is 28.4 Å².